The molecule has 1 aromatic rings. The van der Waals surface area contributed by atoms with Gasteiger partial charge in [-0.3, -0.25) is 19.5 Å². The number of nitrogens with one attached hydrogen (secondary N) is 1. The summed E-state index contributed by atoms with van der Waals surface area (Å²) in [5.74, 6) is -0.552. The van der Waals surface area contributed by atoms with Crippen LogP contribution in [0.5, 0.6) is 0 Å². The standard InChI is InChI=1S/C14H17N5O3/c20-12-9-16-14(22)19(12)10-13(21)18-6-4-17(5-7-18)11-2-1-3-15-8-11/h1-3,8H,4-7,9-10H2,(H,16,22). The summed E-state index contributed by atoms with van der Waals surface area (Å²) in [4.78, 5) is 44.1. The van der Waals surface area contributed by atoms with E-state index in [-0.39, 0.29) is 24.9 Å². The number of anilines is 1. The van der Waals surface area contributed by atoms with Gasteiger partial charge < -0.3 is 15.1 Å². The van der Waals surface area contributed by atoms with Crippen molar-refractivity contribution in [3.05, 3.63) is 24.5 Å². The third kappa shape index (κ3) is 2.85. The summed E-state index contributed by atoms with van der Waals surface area (Å²) < 4.78 is 0. The fourth-order valence-corrected chi connectivity index (χ4v) is 2.61. The minimum atomic E-state index is -0.493. The highest BCUT2D eigenvalue weighted by molar-refractivity contribution is 6.04. The van der Waals surface area contributed by atoms with Crippen LogP contribution in [-0.4, -0.2) is 71.9 Å². The number of urea groups is 1. The predicted octanol–water partition coefficient (Wildman–Crippen LogP) is -0.718. The number of imide groups is 1. The molecule has 0 unspecified atom stereocenters. The van der Waals surface area contributed by atoms with Crippen molar-refractivity contribution in [2.45, 2.75) is 0 Å². The van der Waals surface area contributed by atoms with Crippen LogP contribution in [0.2, 0.25) is 0 Å². The van der Waals surface area contributed by atoms with Gasteiger partial charge in [0.2, 0.25) is 5.91 Å². The van der Waals surface area contributed by atoms with Gasteiger partial charge in [-0.05, 0) is 12.1 Å². The maximum atomic E-state index is 12.2. The number of nitrogens with zero attached hydrogens (tertiary/aromatic N) is 4. The lowest BCUT2D eigenvalue weighted by atomic mass is 10.2. The molecular weight excluding hydrogens is 286 g/mol. The SMILES string of the molecule is O=C(CN1C(=O)CNC1=O)N1CCN(c2cccnc2)CC1. The largest absolute Gasteiger partial charge is 0.367 e. The monoisotopic (exact) mass is 303 g/mol. The number of aromatic nitrogens is 1. The van der Waals surface area contributed by atoms with Crippen molar-refractivity contribution < 1.29 is 14.4 Å². The first-order valence-electron chi connectivity index (χ1n) is 7.16. The molecule has 0 bridgehead atoms. The van der Waals surface area contributed by atoms with Crippen LogP contribution >= 0.6 is 0 Å². The average molecular weight is 303 g/mol. The molecule has 0 spiro atoms. The lowest BCUT2D eigenvalue weighted by molar-refractivity contribution is -0.136. The second kappa shape index (κ2) is 6.00. The third-order valence-corrected chi connectivity index (χ3v) is 3.87. The topological polar surface area (TPSA) is 85.8 Å². The molecule has 1 aromatic heterocycles. The Morgan fingerprint density at radius 3 is 2.59 bits per heavy atom. The van der Waals surface area contributed by atoms with E-state index in [1.165, 1.54) is 0 Å². The highest BCUT2D eigenvalue weighted by atomic mass is 16.2. The molecule has 0 aromatic carbocycles. The molecule has 2 fully saturated rings. The molecule has 0 saturated carbocycles. The van der Waals surface area contributed by atoms with Crippen LogP contribution in [0, 0.1) is 0 Å². The minimum Gasteiger partial charge on any atom is -0.367 e. The van der Waals surface area contributed by atoms with Crippen molar-refractivity contribution in [2.24, 2.45) is 0 Å². The predicted molar refractivity (Wildman–Crippen MR) is 78.1 cm³/mol. The number of hydrogen-bond donors (Lipinski definition) is 1. The van der Waals surface area contributed by atoms with Crippen LogP contribution in [0.4, 0.5) is 10.5 Å². The zero-order chi connectivity index (χ0) is 15.5. The number of amides is 4. The van der Waals surface area contributed by atoms with E-state index in [4.69, 9.17) is 0 Å². The number of carbonyl (C=O) groups excluding carboxylic acids is 3. The van der Waals surface area contributed by atoms with Crippen LogP contribution in [0.1, 0.15) is 0 Å². The van der Waals surface area contributed by atoms with Gasteiger partial charge in [0.15, 0.2) is 0 Å². The molecule has 2 aliphatic heterocycles. The summed E-state index contributed by atoms with van der Waals surface area (Å²) in [6, 6.07) is 3.37. The van der Waals surface area contributed by atoms with Crippen molar-refractivity contribution in [3.8, 4) is 0 Å². The molecule has 116 valence electrons. The quantitative estimate of drug-likeness (QED) is 0.745. The van der Waals surface area contributed by atoms with Crippen LogP contribution < -0.4 is 10.2 Å². The van der Waals surface area contributed by atoms with E-state index in [2.05, 4.69) is 15.2 Å². The Hall–Kier alpha value is -2.64. The van der Waals surface area contributed by atoms with Gasteiger partial charge in [0, 0.05) is 32.4 Å². The Labute approximate surface area is 127 Å². The lowest BCUT2D eigenvalue weighted by Crippen LogP contribution is -2.52. The van der Waals surface area contributed by atoms with Gasteiger partial charge in [-0.1, -0.05) is 0 Å². The average Bonchev–Trinajstić information content (AvgIpc) is 2.88. The van der Waals surface area contributed by atoms with Crippen LogP contribution in [0.25, 0.3) is 0 Å². The van der Waals surface area contributed by atoms with Gasteiger partial charge in [0.05, 0.1) is 18.4 Å². The first kappa shape index (κ1) is 14.3. The zero-order valence-electron chi connectivity index (χ0n) is 12.1. The first-order chi connectivity index (χ1) is 10.6. The third-order valence-electron chi connectivity index (χ3n) is 3.87. The smallest absolute Gasteiger partial charge is 0.325 e. The normalized spacial score (nSPS) is 18.6. The van der Waals surface area contributed by atoms with Gasteiger partial charge in [0.1, 0.15) is 6.54 Å². The Balaban J connectivity index is 1.54. The Morgan fingerprint density at radius 1 is 1.23 bits per heavy atom. The summed E-state index contributed by atoms with van der Waals surface area (Å²) in [5, 5.41) is 2.41. The van der Waals surface area contributed by atoms with Gasteiger partial charge in [0.25, 0.3) is 5.91 Å². The van der Waals surface area contributed by atoms with Gasteiger partial charge in [-0.25, -0.2) is 4.79 Å². The Morgan fingerprint density at radius 2 is 2.00 bits per heavy atom. The maximum absolute atomic E-state index is 12.2. The van der Waals surface area contributed by atoms with E-state index in [1.54, 1.807) is 17.3 Å². The van der Waals surface area contributed by atoms with Crippen molar-refractivity contribution in [1.29, 1.82) is 0 Å². The van der Waals surface area contributed by atoms with Crippen molar-refractivity contribution in [3.63, 3.8) is 0 Å². The van der Waals surface area contributed by atoms with Crippen molar-refractivity contribution in [2.75, 3.05) is 44.2 Å². The van der Waals surface area contributed by atoms with Crippen LogP contribution in [-0.2, 0) is 9.59 Å². The molecule has 0 aliphatic carbocycles. The molecule has 1 N–H and O–H groups in total. The molecule has 8 nitrogen and oxygen atoms in total. The van der Waals surface area contributed by atoms with E-state index in [0.717, 1.165) is 10.6 Å². The van der Waals surface area contributed by atoms with E-state index < -0.39 is 6.03 Å². The number of rotatable bonds is 3. The molecular formula is C14H17N5O3. The Bertz CT molecular complexity index is 567. The molecule has 0 radical (unpaired) electrons. The fraction of sp³-hybridized carbons (Fsp3) is 0.429. The van der Waals surface area contributed by atoms with E-state index >= 15 is 0 Å². The van der Waals surface area contributed by atoms with Crippen LogP contribution in [0.3, 0.4) is 0 Å². The lowest BCUT2D eigenvalue weighted by Gasteiger charge is -2.36. The molecule has 2 saturated heterocycles. The number of piperazine rings is 1. The van der Waals surface area contributed by atoms with E-state index in [0.29, 0.717) is 26.2 Å². The maximum Gasteiger partial charge on any atom is 0.325 e. The number of hydrogen-bond acceptors (Lipinski definition) is 5. The minimum absolute atomic E-state index is 0.0269. The van der Waals surface area contributed by atoms with Gasteiger partial charge >= 0.3 is 6.03 Å². The van der Waals surface area contributed by atoms with E-state index in [1.807, 2.05) is 12.1 Å². The highest BCUT2D eigenvalue weighted by Gasteiger charge is 2.32. The molecule has 8 heteroatoms. The summed E-state index contributed by atoms with van der Waals surface area (Å²) >= 11 is 0. The summed E-state index contributed by atoms with van der Waals surface area (Å²) in [6.07, 6.45) is 3.52. The van der Waals surface area contributed by atoms with Gasteiger partial charge in [-0.15, -0.1) is 0 Å². The second-order valence-electron chi connectivity index (χ2n) is 5.22. The van der Waals surface area contributed by atoms with Gasteiger partial charge in [-0.2, -0.15) is 0 Å². The molecule has 2 aliphatic rings. The first-order valence-corrected chi connectivity index (χ1v) is 7.16. The molecule has 3 rings (SSSR count). The number of carbonyl (C=O) groups is 3. The molecule has 4 amide bonds. The zero-order valence-corrected chi connectivity index (χ0v) is 12.1. The van der Waals surface area contributed by atoms with E-state index in [9.17, 15) is 14.4 Å². The second-order valence-corrected chi connectivity index (χ2v) is 5.22. The highest BCUT2D eigenvalue weighted by Crippen LogP contribution is 2.14. The molecule has 3 heterocycles. The Kier molecular flexibility index (Phi) is 3.90. The fourth-order valence-electron chi connectivity index (χ4n) is 2.61. The summed E-state index contributed by atoms with van der Waals surface area (Å²) in [6.45, 7) is 2.34. The summed E-state index contributed by atoms with van der Waals surface area (Å²) in [5.41, 5.74) is 1.03. The van der Waals surface area contributed by atoms with Crippen molar-refractivity contribution >= 4 is 23.5 Å². The van der Waals surface area contributed by atoms with Crippen LogP contribution in [0.15, 0.2) is 24.5 Å². The van der Waals surface area contributed by atoms with Crippen molar-refractivity contribution in [1.82, 2.24) is 20.1 Å². The molecule has 0 atom stereocenters. The summed E-state index contributed by atoms with van der Waals surface area (Å²) in [7, 11) is 0. The number of pyridine rings is 1. The molecule has 22 heavy (non-hydrogen) atoms.